The largest absolute Gasteiger partial charge is 0.372 e. The van der Waals surface area contributed by atoms with Crippen molar-refractivity contribution in [3.05, 3.63) is 41.7 Å². The highest BCUT2D eigenvalue weighted by atomic mass is 15.3. The zero-order valence-electron chi connectivity index (χ0n) is 13.7. The number of anilines is 1. The first-order valence-corrected chi connectivity index (χ1v) is 8.39. The van der Waals surface area contributed by atoms with Crippen LogP contribution in [0, 0.1) is 6.92 Å². The Labute approximate surface area is 133 Å². The summed E-state index contributed by atoms with van der Waals surface area (Å²) >= 11 is 0. The summed E-state index contributed by atoms with van der Waals surface area (Å²) in [6, 6.07) is 8.80. The molecule has 1 aromatic heterocycles. The van der Waals surface area contributed by atoms with E-state index in [1.54, 1.807) is 0 Å². The maximum Gasteiger partial charge on any atom is 0.0647 e. The topological polar surface area (TPSA) is 33.1 Å². The maximum atomic E-state index is 4.64. The van der Waals surface area contributed by atoms with Crippen LogP contribution in [-0.4, -0.2) is 29.4 Å². The monoisotopic (exact) mass is 298 g/mol. The minimum Gasteiger partial charge on any atom is -0.372 e. The van der Waals surface area contributed by atoms with Gasteiger partial charge < -0.3 is 10.2 Å². The Balaban J connectivity index is 1.74. The molecule has 2 aromatic rings. The summed E-state index contributed by atoms with van der Waals surface area (Å²) in [4.78, 5) is 2.48. The summed E-state index contributed by atoms with van der Waals surface area (Å²) in [6.07, 6.45) is 6.13. The van der Waals surface area contributed by atoms with E-state index >= 15 is 0 Å². The Morgan fingerprint density at radius 2 is 1.73 bits per heavy atom. The van der Waals surface area contributed by atoms with E-state index in [2.05, 4.69) is 59.6 Å². The van der Waals surface area contributed by atoms with Crippen molar-refractivity contribution in [2.45, 2.75) is 39.7 Å². The number of hydrogen-bond acceptors (Lipinski definition) is 3. The van der Waals surface area contributed by atoms with Gasteiger partial charge in [0.15, 0.2) is 0 Å². The molecule has 1 N–H and O–H groups in total. The van der Waals surface area contributed by atoms with Crippen LogP contribution in [0.5, 0.6) is 0 Å². The van der Waals surface area contributed by atoms with Gasteiger partial charge in [0.25, 0.3) is 0 Å². The number of rotatable bonds is 5. The minimum absolute atomic E-state index is 0.883. The molecular formula is C18H26N4. The van der Waals surface area contributed by atoms with Crippen LogP contribution in [0.25, 0.3) is 5.69 Å². The fourth-order valence-electron chi connectivity index (χ4n) is 3.03. The highest BCUT2D eigenvalue weighted by Gasteiger charge is 2.11. The fraction of sp³-hybridized carbons (Fsp3) is 0.500. The molecule has 0 bridgehead atoms. The number of hydrogen-bond donors (Lipinski definition) is 1. The lowest BCUT2D eigenvalue weighted by Crippen LogP contribution is -2.29. The Kier molecular flexibility index (Phi) is 4.78. The van der Waals surface area contributed by atoms with Gasteiger partial charge in [0.2, 0.25) is 0 Å². The van der Waals surface area contributed by atoms with Gasteiger partial charge >= 0.3 is 0 Å². The molecule has 1 aromatic carbocycles. The number of nitrogens with zero attached hydrogens (tertiary/aromatic N) is 3. The molecule has 22 heavy (non-hydrogen) atoms. The molecule has 1 saturated heterocycles. The normalized spacial score (nSPS) is 15.3. The first-order valence-electron chi connectivity index (χ1n) is 8.39. The number of nitrogens with one attached hydrogen (secondary N) is 1. The molecule has 1 fully saturated rings. The van der Waals surface area contributed by atoms with E-state index < -0.39 is 0 Å². The second-order valence-corrected chi connectivity index (χ2v) is 6.03. The molecule has 2 heterocycles. The third-order valence-electron chi connectivity index (χ3n) is 4.40. The molecule has 1 aliphatic rings. The van der Waals surface area contributed by atoms with Gasteiger partial charge in [0.1, 0.15) is 0 Å². The van der Waals surface area contributed by atoms with Crippen molar-refractivity contribution in [3.8, 4) is 5.69 Å². The van der Waals surface area contributed by atoms with Gasteiger partial charge in [-0.1, -0.05) is 6.92 Å². The van der Waals surface area contributed by atoms with Crippen molar-refractivity contribution in [1.29, 1.82) is 0 Å². The molecule has 0 atom stereocenters. The van der Waals surface area contributed by atoms with Crippen LogP contribution < -0.4 is 10.2 Å². The predicted octanol–water partition coefficient (Wildman–Crippen LogP) is 3.28. The lowest BCUT2D eigenvalue weighted by molar-refractivity contribution is 0.578. The van der Waals surface area contributed by atoms with Crippen LogP contribution in [0.4, 0.5) is 5.69 Å². The molecule has 0 aliphatic carbocycles. The van der Waals surface area contributed by atoms with Crippen molar-refractivity contribution in [1.82, 2.24) is 15.1 Å². The van der Waals surface area contributed by atoms with Crippen LogP contribution in [0.3, 0.4) is 0 Å². The highest BCUT2D eigenvalue weighted by Crippen LogP contribution is 2.21. The summed E-state index contributed by atoms with van der Waals surface area (Å²) in [6.45, 7) is 8.44. The van der Waals surface area contributed by atoms with Crippen molar-refractivity contribution in [3.63, 3.8) is 0 Å². The van der Waals surface area contributed by atoms with E-state index in [-0.39, 0.29) is 0 Å². The Hall–Kier alpha value is -1.81. The van der Waals surface area contributed by atoms with E-state index in [0.717, 1.165) is 24.5 Å². The fourth-order valence-corrected chi connectivity index (χ4v) is 3.03. The molecule has 1 aliphatic heterocycles. The second kappa shape index (κ2) is 6.97. The van der Waals surface area contributed by atoms with Gasteiger partial charge in [-0.05, 0) is 57.0 Å². The van der Waals surface area contributed by atoms with Gasteiger partial charge in [0.05, 0.1) is 11.4 Å². The van der Waals surface area contributed by atoms with E-state index in [9.17, 15) is 0 Å². The van der Waals surface area contributed by atoms with E-state index in [1.165, 1.54) is 43.6 Å². The molecule has 118 valence electrons. The molecule has 4 nitrogen and oxygen atoms in total. The van der Waals surface area contributed by atoms with E-state index in [4.69, 9.17) is 0 Å². The third kappa shape index (κ3) is 3.33. The van der Waals surface area contributed by atoms with E-state index in [1.807, 2.05) is 4.68 Å². The summed E-state index contributed by atoms with van der Waals surface area (Å²) in [7, 11) is 0. The minimum atomic E-state index is 0.883. The van der Waals surface area contributed by atoms with Gasteiger partial charge in [0, 0.05) is 37.1 Å². The molecule has 0 unspecified atom stereocenters. The summed E-state index contributed by atoms with van der Waals surface area (Å²) < 4.78 is 1.99. The molecule has 0 amide bonds. The lowest BCUT2D eigenvalue weighted by atomic mass is 10.1. The van der Waals surface area contributed by atoms with Crippen molar-refractivity contribution >= 4 is 5.69 Å². The molecule has 3 rings (SSSR count). The Morgan fingerprint density at radius 3 is 2.41 bits per heavy atom. The number of piperidine rings is 1. The second-order valence-electron chi connectivity index (χ2n) is 6.03. The molecular weight excluding hydrogens is 272 g/mol. The smallest absolute Gasteiger partial charge is 0.0647 e. The maximum absolute atomic E-state index is 4.64. The first kappa shape index (κ1) is 15.1. The Morgan fingerprint density at radius 1 is 1.05 bits per heavy atom. The average Bonchev–Trinajstić information content (AvgIpc) is 2.95. The van der Waals surface area contributed by atoms with Crippen LogP contribution >= 0.6 is 0 Å². The third-order valence-corrected chi connectivity index (χ3v) is 4.40. The summed E-state index contributed by atoms with van der Waals surface area (Å²) in [5.74, 6) is 0. The van der Waals surface area contributed by atoms with Crippen LogP contribution in [0.2, 0.25) is 0 Å². The average molecular weight is 298 g/mol. The van der Waals surface area contributed by atoms with Gasteiger partial charge in [-0.3, -0.25) is 0 Å². The quantitative estimate of drug-likeness (QED) is 0.919. The van der Waals surface area contributed by atoms with Crippen LogP contribution in [0.1, 0.15) is 37.4 Å². The molecule has 0 radical (unpaired) electrons. The standard InChI is InChI=1S/C18H26N4/c1-3-19-13-16-14-22(20-15(16)2)18-9-7-17(8-10-18)21-11-5-4-6-12-21/h7-10,14,19H,3-6,11-13H2,1-2H3. The van der Waals surface area contributed by atoms with Crippen LogP contribution in [0.15, 0.2) is 30.5 Å². The van der Waals surface area contributed by atoms with Crippen molar-refractivity contribution < 1.29 is 0 Å². The SMILES string of the molecule is CCNCc1cn(-c2ccc(N3CCCCC3)cc2)nc1C. The summed E-state index contributed by atoms with van der Waals surface area (Å²) in [5, 5.41) is 8.00. The van der Waals surface area contributed by atoms with Crippen molar-refractivity contribution in [2.75, 3.05) is 24.5 Å². The molecule has 0 saturated carbocycles. The zero-order valence-corrected chi connectivity index (χ0v) is 13.7. The molecule has 4 heteroatoms. The lowest BCUT2D eigenvalue weighted by Gasteiger charge is -2.28. The predicted molar refractivity (Wildman–Crippen MR) is 91.7 cm³/mol. The zero-order chi connectivity index (χ0) is 15.4. The summed E-state index contributed by atoms with van der Waals surface area (Å²) in [5.41, 5.74) is 4.83. The number of aromatic nitrogens is 2. The highest BCUT2D eigenvalue weighted by molar-refractivity contribution is 5.51. The van der Waals surface area contributed by atoms with E-state index in [0.29, 0.717) is 0 Å². The first-order chi connectivity index (χ1) is 10.8. The van der Waals surface area contributed by atoms with Gasteiger partial charge in [-0.25, -0.2) is 4.68 Å². The number of aryl methyl sites for hydroxylation is 1. The molecule has 0 spiro atoms. The van der Waals surface area contributed by atoms with Gasteiger partial charge in [-0.2, -0.15) is 5.10 Å². The number of benzene rings is 1. The van der Waals surface area contributed by atoms with Crippen molar-refractivity contribution in [2.24, 2.45) is 0 Å². The Bertz CT molecular complexity index is 594. The van der Waals surface area contributed by atoms with Crippen LogP contribution in [-0.2, 0) is 6.54 Å². The van der Waals surface area contributed by atoms with Gasteiger partial charge in [-0.15, -0.1) is 0 Å².